The van der Waals surface area contributed by atoms with E-state index in [9.17, 15) is 9.59 Å². The predicted octanol–water partition coefficient (Wildman–Crippen LogP) is 1.75. The SMILES string of the molecule is CNCC1C(C(=N)CC=O)=CCCN1C(=O)OC(C)(C)C. The van der Waals surface area contributed by atoms with Crippen molar-refractivity contribution in [2.45, 2.75) is 45.3 Å². The van der Waals surface area contributed by atoms with Crippen LogP contribution in [0, 0.1) is 5.41 Å². The molecule has 0 saturated heterocycles. The third-order valence-electron chi connectivity index (χ3n) is 3.13. The van der Waals surface area contributed by atoms with Crippen molar-refractivity contribution in [2.24, 2.45) is 0 Å². The summed E-state index contributed by atoms with van der Waals surface area (Å²) >= 11 is 0. The van der Waals surface area contributed by atoms with Crippen LogP contribution in [0.25, 0.3) is 0 Å². The monoisotopic (exact) mass is 295 g/mol. The number of nitrogens with zero attached hydrogens (tertiary/aromatic N) is 1. The normalized spacial score (nSPS) is 19.0. The molecule has 0 fully saturated rings. The Morgan fingerprint density at radius 1 is 1.57 bits per heavy atom. The van der Waals surface area contributed by atoms with Crippen LogP contribution in [0.1, 0.15) is 33.6 Å². The summed E-state index contributed by atoms with van der Waals surface area (Å²) in [4.78, 5) is 24.6. The molecule has 0 saturated carbocycles. The van der Waals surface area contributed by atoms with Crippen LogP contribution in [-0.2, 0) is 9.53 Å². The summed E-state index contributed by atoms with van der Waals surface area (Å²) in [5, 5.41) is 11.0. The molecule has 6 heteroatoms. The Labute approximate surface area is 126 Å². The van der Waals surface area contributed by atoms with Gasteiger partial charge in [-0.2, -0.15) is 0 Å². The molecule has 1 aliphatic heterocycles. The summed E-state index contributed by atoms with van der Waals surface area (Å²) in [6.07, 6.45) is 3.00. The molecule has 2 N–H and O–H groups in total. The van der Waals surface area contributed by atoms with E-state index in [1.807, 2.05) is 26.8 Å². The van der Waals surface area contributed by atoms with Crippen LogP contribution in [0.2, 0.25) is 0 Å². The quantitative estimate of drug-likeness (QED) is 0.598. The van der Waals surface area contributed by atoms with Gasteiger partial charge in [-0.05, 0) is 39.8 Å². The van der Waals surface area contributed by atoms with Gasteiger partial charge in [-0.1, -0.05) is 6.08 Å². The zero-order valence-corrected chi connectivity index (χ0v) is 13.2. The molecule has 0 aliphatic carbocycles. The lowest BCUT2D eigenvalue weighted by Gasteiger charge is -2.37. The van der Waals surface area contributed by atoms with Crippen LogP contribution in [0.4, 0.5) is 4.79 Å². The molecule has 6 nitrogen and oxygen atoms in total. The smallest absolute Gasteiger partial charge is 0.410 e. The van der Waals surface area contributed by atoms with Crippen LogP contribution in [0.3, 0.4) is 0 Å². The average Bonchev–Trinajstić information content (AvgIpc) is 2.37. The van der Waals surface area contributed by atoms with Gasteiger partial charge in [0.05, 0.1) is 6.04 Å². The number of aldehydes is 1. The molecule has 118 valence electrons. The third kappa shape index (κ3) is 4.97. The van der Waals surface area contributed by atoms with Crippen molar-refractivity contribution in [3.8, 4) is 0 Å². The van der Waals surface area contributed by atoms with Crippen molar-refractivity contribution in [3.05, 3.63) is 11.6 Å². The highest BCUT2D eigenvalue weighted by atomic mass is 16.6. The highest BCUT2D eigenvalue weighted by molar-refractivity contribution is 6.05. The van der Waals surface area contributed by atoms with E-state index in [0.717, 1.165) is 5.57 Å². The van der Waals surface area contributed by atoms with Gasteiger partial charge in [-0.15, -0.1) is 0 Å². The van der Waals surface area contributed by atoms with Crippen LogP contribution in [-0.4, -0.2) is 54.8 Å². The van der Waals surface area contributed by atoms with Crippen molar-refractivity contribution in [1.82, 2.24) is 10.2 Å². The largest absolute Gasteiger partial charge is 0.444 e. The number of hydrogen-bond donors (Lipinski definition) is 2. The first-order valence-electron chi connectivity index (χ1n) is 7.16. The summed E-state index contributed by atoms with van der Waals surface area (Å²) in [7, 11) is 1.79. The first-order valence-corrected chi connectivity index (χ1v) is 7.16. The molecule has 0 radical (unpaired) electrons. The van der Waals surface area contributed by atoms with E-state index in [1.54, 1.807) is 11.9 Å². The summed E-state index contributed by atoms with van der Waals surface area (Å²) < 4.78 is 5.43. The number of hydrogen-bond acceptors (Lipinski definition) is 5. The second kappa shape index (κ2) is 7.36. The van der Waals surface area contributed by atoms with Gasteiger partial charge in [0.1, 0.15) is 11.9 Å². The molecule has 1 aliphatic rings. The maximum Gasteiger partial charge on any atom is 0.410 e. The van der Waals surface area contributed by atoms with Gasteiger partial charge in [0.25, 0.3) is 0 Å². The van der Waals surface area contributed by atoms with Crippen molar-refractivity contribution in [2.75, 3.05) is 20.1 Å². The molecule has 0 bridgehead atoms. The molecule has 1 atom stereocenters. The molecular formula is C15H25N3O3. The number of carbonyl (C=O) groups excluding carboxylic acids is 2. The van der Waals surface area contributed by atoms with Crippen molar-refractivity contribution < 1.29 is 14.3 Å². The highest BCUT2D eigenvalue weighted by Crippen LogP contribution is 2.22. The molecule has 0 spiro atoms. The Morgan fingerprint density at radius 3 is 2.76 bits per heavy atom. The van der Waals surface area contributed by atoms with E-state index in [2.05, 4.69) is 5.32 Å². The number of nitrogens with one attached hydrogen (secondary N) is 2. The maximum absolute atomic E-state index is 12.3. The number of carbonyl (C=O) groups is 2. The van der Waals surface area contributed by atoms with Gasteiger partial charge in [-0.3, -0.25) is 4.90 Å². The van der Waals surface area contributed by atoms with E-state index in [1.165, 1.54) is 0 Å². The second-order valence-corrected chi connectivity index (χ2v) is 6.04. The molecule has 1 amide bonds. The molecule has 1 rings (SSSR count). The number of amides is 1. The van der Waals surface area contributed by atoms with E-state index >= 15 is 0 Å². The molecule has 21 heavy (non-hydrogen) atoms. The van der Waals surface area contributed by atoms with Gasteiger partial charge in [0.2, 0.25) is 0 Å². The van der Waals surface area contributed by atoms with Crippen molar-refractivity contribution in [3.63, 3.8) is 0 Å². The first-order chi connectivity index (χ1) is 9.80. The summed E-state index contributed by atoms with van der Waals surface area (Å²) in [6, 6.07) is -0.272. The van der Waals surface area contributed by atoms with Gasteiger partial charge >= 0.3 is 6.09 Å². The number of likely N-dealkylation sites (N-methyl/N-ethyl adjacent to an activating group) is 1. The Bertz CT molecular complexity index is 438. The molecule has 0 aromatic rings. The minimum atomic E-state index is -0.557. The minimum Gasteiger partial charge on any atom is -0.444 e. The van der Waals surface area contributed by atoms with E-state index in [-0.39, 0.29) is 24.3 Å². The zero-order chi connectivity index (χ0) is 16.0. The Kier molecular flexibility index (Phi) is 6.08. The van der Waals surface area contributed by atoms with E-state index < -0.39 is 5.60 Å². The standard InChI is InChI=1S/C15H25N3O3/c1-15(2,3)21-14(20)18-8-5-6-11(12(16)7-9-19)13(18)10-17-4/h6,9,13,16-17H,5,7-8,10H2,1-4H3. The van der Waals surface area contributed by atoms with Crippen LogP contribution in [0.15, 0.2) is 11.6 Å². The van der Waals surface area contributed by atoms with Crippen molar-refractivity contribution in [1.29, 1.82) is 5.41 Å². The fraction of sp³-hybridized carbons (Fsp3) is 0.667. The number of ether oxygens (including phenoxy) is 1. The fourth-order valence-electron chi connectivity index (χ4n) is 2.30. The number of rotatable bonds is 5. The lowest BCUT2D eigenvalue weighted by atomic mass is 9.94. The molecule has 1 heterocycles. The Hall–Kier alpha value is -1.69. The molecule has 0 aromatic carbocycles. The second-order valence-electron chi connectivity index (χ2n) is 6.04. The molecule has 0 aromatic heterocycles. The summed E-state index contributed by atoms with van der Waals surface area (Å²) in [5.74, 6) is 0. The van der Waals surface area contributed by atoms with Crippen LogP contribution >= 0.6 is 0 Å². The first kappa shape index (κ1) is 17.4. The summed E-state index contributed by atoms with van der Waals surface area (Å²) in [5.41, 5.74) is 0.436. The minimum absolute atomic E-state index is 0.0637. The van der Waals surface area contributed by atoms with E-state index in [4.69, 9.17) is 10.1 Å². The van der Waals surface area contributed by atoms with Gasteiger partial charge in [-0.25, -0.2) is 4.79 Å². The van der Waals surface area contributed by atoms with Gasteiger partial charge in [0.15, 0.2) is 0 Å². The Balaban J connectivity index is 2.94. The Morgan fingerprint density at radius 2 is 2.24 bits per heavy atom. The van der Waals surface area contributed by atoms with Crippen LogP contribution in [0.5, 0.6) is 0 Å². The zero-order valence-electron chi connectivity index (χ0n) is 13.2. The molecular weight excluding hydrogens is 270 g/mol. The lowest BCUT2D eigenvalue weighted by molar-refractivity contribution is -0.106. The fourth-order valence-corrected chi connectivity index (χ4v) is 2.30. The van der Waals surface area contributed by atoms with Crippen molar-refractivity contribution >= 4 is 18.1 Å². The van der Waals surface area contributed by atoms with Gasteiger partial charge in [0, 0.05) is 25.2 Å². The topological polar surface area (TPSA) is 82.5 Å². The summed E-state index contributed by atoms with van der Waals surface area (Å²) in [6.45, 7) is 6.55. The maximum atomic E-state index is 12.3. The third-order valence-corrected chi connectivity index (χ3v) is 3.13. The molecule has 1 unspecified atom stereocenters. The predicted molar refractivity (Wildman–Crippen MR) is 81.8 cm³/mol. The van der Waals surface area contributed by atoms with Crippen LogP contribution < -0.4 is 5.32 Å². The average molecular weight is 295 g/mol. The van der Waals surface area contributed by atoms with Gasteiger partial charge < -0.3 is 20.3 Å². The highest BCUT2D eigenvalue weighted by Gasteiger charge is 2.33. The van der Waals surface area contributed by atoms with E-state index in [0.29, 0.717) is 25.8 Å². The lowest BCUT2D eigenvalue weighted by Crippen LogP contribution is -2.51.